The van der Waals surface area contributed by atoms with Crippen LogP contribution in [0.25, 0.3) is 0 Å². The zero-order chi connectivity index (χ0) is 17.5. The third-order valence-corrected chi connectivity index (χ3v) is 4.28. The van der Waals surface area contributed by atoms with Crippen molar-refractivity contribution in [1.29, 1.82) is 0 Å². The van der Waals surface area contributed by atoms with E-state index in [0.29, 0.717) is 37.7 Å². The molecule has 0 atom stereocenters. The standard InChI is InChI=1S/C18H26FN3O2/c1-14(2)6-7-18(24)22-10-8-21(9-11-22)13-17(23)20-16-5-3-4-15(19)12-16/h3-5,12,14H,6-11,13H2,1-2H3,(H,20,23)/p+1. The summed E-state index contributed by atoms with van der Waals surface area (Å²) in [5.41, 5.74) is 0.474. The Bertz CT molecular complexity index is 569. The number of nitrogens with zero attached hydrogens (tertiary/aromatic N) is 1. The SMILES string of the molecule is CC(C)CCC(=O)N1CC[NH+](CC(=O)Nc2cccc(F)c2)CC1. The minimum atomic E-state index is -0.367. The van der Waals surface area contributed by atoms with Crippen LogP contribution in [0.3, 0.4) is 0 Å². The number of halogens is 1. The van der Waals surface area contributed by atoms with Crippen LogP contribution in [0.2, 0.25) is 0 Å². The first-order chi connectivity index (χ1) is 11.4. The molecule has 5 nitrogen and oxygen atoms in total. The Hall–Kier alpha value is -1.95. The molecule has 0 aliphatic carbocycles. The fourth-order valence-electron chi connectivity index (χ4n) is 2.82. The highest BCUT2D eigenvalue weighted by Crippen LogP contribution is 2.08. The summed E-state index contributed by atoms with van der Waals surface area (Å²) in [5.74, 6) is 0.253. The quantitative estimate of drug-likeness (QED) is 0.812. The van der Waals surface area contributed by atoms with Gasteiger partial charge in [0.15, 0.2) is 6.54 Å². The van der Waals surface area contributed by atoms with Gasteiger partial charge in [-0.3, -0.25) is 9.59 Å². The molecule has 24 heavy (non-hydrogen) atoms. The van der Waals surface area contributed by atoms with E-state index in [1.165, 1.54) is 12.1 Å². The zero-order valence-electron chi connectivity index (χ0n) is 14.5. The first kappa shape index (κ1) is 18.4. The highest BCUT2D eigenvalue weighted by atomic mass is 19.1. The number of nitrogens with one attached hydrogen (secondary N) is 2. The number of anilines is 1. The van der Waals surface area contributed by atoms with Crippen LogP contribution in [0, 0.1) is 11.7 Å². The van der Waals surface area contributed by atoms with Crippen LogP contribution >= 0.6 is 0 Å². The van der Waals surface area contributed by atoms with Crippen molar-refractivity contribution in [3.63, 3.8) is 0 Å². The van der Waals surface area contributed by atoms with Crippen LogP contribution in [-0.2, 0) is 9.59 Å². The molecule has 1 saturated heterocycles. The molecule has 0 unspecified atom stereocenters. The molecule has 1 aromatic rings. The van der Waals surface area contributed by atoms with Crippen molar-refractivity contribution < 1.29 is 18.9 Å². The lowest BCUT2D eigenvalue weighted by Gasteiger charge is -2.32. The average Bonchev–Trinajstić information content (AvgIpc) is 2.53. The predicted octanol–water partition coefficient (Wildman–Crippen LogP) is 0.928. The fourth-order valence-corrected chi connectivity index (χ4v) is 2.82. The molecule has 1 heterocycles. The number of carbonyl (C=O) groups excluding carboxylic acids is 2. The van der Waals surface area contributed by atoms with Gasteiger partial charge >= 0.3 is 0 Å². The second-order valence-corrected chi connectivity index (χ2v) is 6.80. The van der Waals surface area contributed by atoms with Crippen LogP contribution in [0.4, 0.5) is 10.1 Å². The van der Waals surface area contributed by atoms with Gasteiger partial charge < -0.3 is 15.1 Å². The second-order valence-electron chi connectivity index (χ2n) is 6.80. The largest absolute Gasteiger partial charge is 0.331 e. The maximum absolute atomic E-state index is 13.1. The lowest BCUT2D eigenvalue weighted by atomic mass is 10.1. The Morgan fingerprint density at radius 2 is 2.00 bits per heavy atom. The molecule has 2 N–H and O–H groups in total. The average molecular weight is 336 g/mol. The number of hydrogen-bond acceptors (Lipinski definition) is 2. The number of hydrogen-bond donors (Lipinski definition) is 2. The van der Waals surface area contributed by atoms with Crippen molar-refractivity contribution in [2.75, 3.05) is 38.0 Å². The Labute approximate surface area is 142 Å². The summed E-state index contributed by atoms with van der Waals surface area (Å²) >= 11 is 0. The number of piperazine rings is 1. The van der Waals surface area contributed by atoms with Crippen molar-refractivity contribution in [2.45, 2.75) is 26.7 Å². The maximum Gasteiger partial charge on any atom is 0.279 e. The van der Waals surface area contributed by atoms with E-state index in [1.807, 2.05) is 4.90 Å². The summed E-state index contributed by atoms with van der Waals surface area (Å²) in [7, 11) is 0. The van der Waals surface area contributed by atoms with E-state index < -0.39 is 0 Å². The van der Waals surface area contributed by atoms with Gasteiger partial charge in [0, 0.05) is 12.1 Å². The van der Waals surface area contributed by atoms with Gasteiger partial charge in [0.2, 0.25) is 5.91 Å². The molecule has 6 heteroatoms. The fraction of sp³-hybridized carbons (Fsp3) is 0.556. The number of quaternary nitrogens is 1. The number of amides is 2. The van der Waals surface area contributed by atoms with Crippen LogP contribution < -0.4 is 10.2 Å². The maximum atomic E-state index is 13.1. The number of carbonyl (C=O) groups is 2. The van der Waals surface area contributed by atoms with Gasteiger partial charge in [-0.2, -0.15) is 0 Å². The minimum Gasteiger partial charge on any atom is -0.331 e. The van der Waals surface area contributed by atoms with E-state index in [1.54, 1.807) is 12.1 Å². The summed E-state index contributed by atoms with van der Waals surface area (Å²) in [6.07, 6.45) is 1.52. The van der Waals surface area contributed by atoms with Gasteiger partial charge in [-0.1, -0.05) is 19.9 Å². The van der Waals surface area contributed by atoms with Crippen LogP contribution in [0.1, 0.15) is 26.7 Å². The monoisotopic (exact) mass is 336 g/mol. The van der Waals surface area contributed by atoms with E-state index in [0.717, 1.165) is 24.4 Å². The molecule has 1 fully saturated rings. The Balaban J connectivity index is 1.72. The van der Waals surface area contributed by atoms with Gasteiger partial charge in [-0.05, 0) is 30.5 Å². The van der Waals surface area contributed by atoms with E-state index >= 15 is 0 Å². The highest BCUT2D eigenvalue weighted by Gasteiger charge is 2.25. The van der Waals surface area contributed by atoms with E-state index in [9.17, 15) is 14.0 Å². The lowest BCUT2D eigenvalue weighted by molar-refractivity contribution is -0.895. The molecule has 1 aliphatic heterocycles. The lowest BCUT2D eigenvalue weighted by Crippen LogP contribution is -3.15. The molecule has 1 aliphatic rings. The van der Waals surface area contributed by atoms with E-state index in [4.69, 9.17) is 0 Å². The topological polar surface area (TPSA) is 53.9 Å². The molecular formula is C18H27FN3O2+. The zero-order valence-corrected chi connectivity index (χ0v) is 14.5. The molecule has 0 saturated carbocycles. The van der Waals surface area contributed by atoms with Crippen LogP contribution in [0.5, 0.6) is 0 Å². The van der Waals surface area contributed by atoms with Gasteiger partial charge in [0.1, 0.15) is 5.82 Å². The first-order valence-corrected chi connectivity index (χ1v) is 8.61. The molecule has 0 bridgehead atoms. The van der Waals surface area contributed by atoms with Gasteiger partial charge in [-0.25, -0.2) is 4.39 Å². The van der Waals surface area contributed by atoms with Gasteiger partial charge in [0.05, 0.1) is 26.2 Å². The third-order valence-electron chi connectivity index (χ3n) is 4.28. The molecular weight excluding hydrogens is 309 g/mol. The van der Waals surface area contributed by atoms with Gasteiger partial charge in [0.25, 0.3) is 5.91 Å². The first-order valence-electron chi connectivity index (χ1n) is 8.61. The Morgan fingerprint density at radius 3 is 2.62 bits per heavy atom. The molecule has 1 aromatic carbocycles. The van der Waals surface area contributed by atoms with Gasteiger partial charge in [-0.15, -0.1) is 0 Å². The number of benzene rings is 1. The van der Waals surface area contributed by atoms with Crippen molar-refractivity contribution in [3.05, 3.63) is 30.1 Å². The predicted molar refractivity (Wildman–Crippen MR) is 91.2 cm³/mol. The summed E-state index contributed by atoms with van der Waals surface area (Å²) in [6.45, 7) is 7.50. The van der Waals surface area contributed by atoms with Crippen molar-refractivity contribution >= 4 is 17.5 Å². The van der Waals surface area contributed by atoms with E-state index in [-0.39, 0.29) is 17.6 Å². The van der Waals surface area contributed by atoms with Crippen molar-refractivity contribution in [1.82, 2.24) is 4.90 Å². The molecule has 0 aromatic heterocycles. The summed E-state index contributed by atoms with van der Waals surface area (Å²) in [6, 6.07) is 5.88. The smallest absolute Gasteiger partial charge is 0.279 e. The summed E-state index contributed by atoms with van der Waals surface area (Å²) < 4.78 is 13.1. The normalized spacial score (nSPS) is 15.6. The molecule has 0 radical (unpaired) electrons. The molecule has 0 spiro atoms. The van der Waals surface area contributed by atoms with Crippen molar-refractivity contribution in [2.24, 2.45) is 5.92 Å². The Morgan fingerprint density at radius 1 is 1.29 bits per heavy atom. The molecule has 2 rings (SSSR count). The molecule has 132 valence electrons. The highest BCUT2D eigenvalue weighted by molar-refractivity contribution is 5.91. The minimum absolute atomic E-state index is 0.129. The third kappa shape index (κ3) is 5.92. The Kier molecular flexibility index (Phi) is 6.73. The number of rotatable bonds is 6. The van der Waals surface area contributed by atoms with Crippen LogP contribution in [-0.4, -0.2) is 49.4 Å². The van der Waals surface area contributed by atoms with Crippen LogP contribution in [0.15, 0.2) is 24.3 Å². The van der Waals surface area contributed by atoms with Crippen molar-refractivity contribution in [3.8, 4) is 0 Å². The molecule has 2 amide bonds. The second kappa shape index (κ2) is 8.78. The summed E-state index contributed by atoms with van der Waals surface area (Å²) in [4.78, 5) is 27.2. The summed E-state index contributed by atoms with van der Waals surface area (Å²) in [5, 5.41) is 2.72. The van der Waals surface area contributed by atoms with E-state index in [2.05, 4.69) is 19.2 Å².